The molecule has 3 rings (SSSR count). The number of ether oxygens (including phenoxy) is 1. The molecule has 2 aromatic carbocycles. The van der Waals surface area contributed by atoms with Crippen LogP contribution in [0.3, 0.4) is 0 Å². The van der Waals surface area contributed by atoms with Gasteiger partial charge >= 0.3 is 6.09 Å². The maximum absolute atomic E-state index is 12.3. The Morgan fingerprint density at radius 3 is 2.59 bits per heavy atom. The summed E-state index contributed by atoms with van der Waals surface area (Å²) in [6.45, 7) is 1.18. The quantitative estimate of drug-likeness (QED) is 0.947. The van der Waals surface area contributed by atoms with Crippen LogP contribution in [0.2, 0.25) is 0 Å². The number of fused-ring (bicyclic) bond motifs is 1. The summed E-state index contributed by atoms with van der Waals surface area (Å²) in [6.07, 6.45) is -0.502. The van der Waals surface area contributed by atoms with Gasteiger partial charge in [0.15, 0.2) is 0 Å². The first-order valence-corrected chi connectivity index (χ1v) is 6.98. The van der Waals surface area contributed by atoms with Gasteiger partial charge in [-0.3, -0.25) is 10.1 Å². The summed E-state index contributed by atoms with van der Waals surface area (Å²) in [7, 11) is 1.32. The minimum absolute atomic E-state index is 0.0624. The smallest absolute Gasteiger partial charge is 0.411 e. The molecule has 2 amide bonds. The maximum atomic E-state index is 12.3. The van der Waals surface area contributed by atoms with Gasteiger partial charge in [0.2, 0.25) is 0 Å². The Hall–Kier alpha value is -2.82. The molecule has 22 heavy (non-hydrogen) atoms. The van der Waals surface area contributed by atoms with E-state index in [9.17, 15) is 9.59 Å². The van der Waals surface area contributed by atoms with E-state index in [0.717, 1.165) is 16.7 Å². The van der Waals surface area contributed by atoms with E-state index in [1.165, 1.54) is 7.11 Å². The van der Waals surface area contributed by atoms with E-state index in [1.54, 1.807) is 12.1 Å². The fourth-order valence-electron chi connectivity index (χ4n) is 2.53. The molecule has 0 radical (unpaired) electrons. The molecule has 0 atom stereocenters. The number of anilines is 1. The minimum Gasteiger partial charge on any atom is -0.453 e. The van der Waals surface area contributed by atoms with Crippen molar-refractivity contribution in [1.82, 2.24) is 4.90 Å². The molecule has 0 aliphatic carbocycles. The zero-order valence-electron chi connectivity index (χ0n) is 12.2. The standard InChI is InChI=1S/C17H16N2O3/c1-22-17(21)18-14-8-6-12(7-9-14)10-19-11-13-4-2-3-5-15(13)16(19)20/h2-9H,10-11H2,1H3,(H,18,21). The number of carbonyl (C=O) groups is 2. The molecule has 0 bridgehead atoms. The van der Waals surface area contributed by atoms with Crippen LogP contribution in [0.25, 0.3) is 0 Å². The van der Waals surface area contributed by atoms with Gasteiger partial charge in [0, 0.05) is 24.3 Å². The van der Waals surface area contributed by atoms with Crippen molar-refractivity contribution in [2.45, 2.75) is 13.1 Å². The number of hydrogen-bond donors (Lipinski definition) is 1. The molecule has 2 aromatic rings. The molecule has 1 aliphatic rings. The number of carbonyl (C=O) groups excluding carboxylic acids is 2. The second kappa shape index (κ2) is 5.89. The van der Waals surface area contributed by atoms with Crippen molar-refractivity contribution in [3.05, 3.63) is 65.2 Å². The average Bonchev–Trinajstić information content (AvgIpc) is 2.86. The molecule has 5 nitrogen and oxygen atoms in total. The predicted molar refractivity (Wildman–Crippen MR) is 82.5 cm³/mol. The summed E-state index contributed by atoms with van der Waals surface area (Å²) in [5.74, 6) is 0.0624. The van der Waals surface area contributed by atoms with E-state index in [2.05, 4.69) is 10.1 Å². The fraction of sp³-hybridized carbons (Fsp3) is 0.176. The summed E-state index contributed by atoms with van der Waals surface area (Å²) >= 11 is 0. The second-order valence-corrected chi connectivity index (χ2v) is 5.13. The van der Waals surface area contributed by atoms with Crippen LogP contribution < -0.4 is 5.32 Å². The normalized spacial score (nSPS) is 13.0. The lowest BCUT2D eigenvalue weighted by molar-refractivity contribution is 0.0766. The molecular weight excluding hydrogens is 280 g/mol. The van der Waals surface area contributed by atoms with Gasteiger partial charge in [0.05, 0.1) is 7.11 Å². The Kier molecular flexibility index (Phi) is 3.78. The van der Waals surface area contributed by atoms with Gasteiger partial charge < -0.3 is 9.64 Å². The summed E-state index contributed by atoms with van der Waals surface area (Å²) < 4.78 is 4.54. The first-order chi connectivity index (χ1) is 10.7. The summed E-state index contributed by atoms with van der Waals surface area (Å²) in [5.41, 5.74) is 3.52. The van der Waals surface area contributed by atoms with Crippen LogP contribution >= 0.6 is 0 Å². The highest BCUT2D eigenvalue weighted by atomic mass is 16.5. The van der Waals surface area contributed by atoms with Gasteiger partial charge in [-0.05, 0) is 29.3 Å². The van der Waals surface area contributed by atoms with Crippen molar-refractivity contribution in [3.63, 3.8) is 0 Å². The van der Waals surface area contributed by atoms with E-state index in [4.69, 9.17) is 0 Å². The van der Waals surface area contributed by atoms with Gasteiger partial charge in [0.1, 0.15) is 0 Å². The fourth-order valence-corrected chi connectivity index (χ4v) is 2.53. The lowest BCUT2D eigenvalue weighted by atomic mass is 10.1. The highest BCUT2D eigenvalue weighted by Gasteiger charge is 2.26. The molecule has 1 N–H and O–H groups in total. The molecule has 1 heterocycles. The predicted octanol–water partition coefficient (Wildman–Crippen LogP) is 3.02. The van der Waals surface area contributed by atoms with E-state index in [-0.39, 0.29) is 5.91 Å². The molecule has 5 heteroatoms. The molecule has 0 aromatic heterocycles. The molecule has 0 saturated heterocycles. The van der Waals surface area contributed by atoms with Gasteiger partial charge in [-0.1, -0.05) is 30.3 Å². The second-order valence-electron chi connectivity index (χ2n) is 5.13. The van der Waals surface area contributed by atoms with Crippen molar-refractivity contribution >= 4 is 17.7 Å². The largest absolute Gasteiger partial charge is 0.453 e. The van der Waals surface area contributed by atoms with E-state index in [1.807, 2.05) is 41.3 Å². The van der Waals surface area contributed by atoms with E-state index >= 15 is 0 Å². The third kappa shape index (κ3) is 2.79. The number of benzene rings is 2. The van der Waals surface area contributed by atoms with Crippen LogP contribution in [-0.4, -0.2) is 24.0 Å². The molecule has 1 aliphatic heterocycles. The van der Waals surface area contributed by atoms with E-state index < -0.39 is 6.09 Å². The average molecular weight is 296 g/mol. The number of hydrogen-bond acceptors (Lipinski definition) is 3. The van der Waals surface area contributed by atoms with Gasteiger partial charge in [0.25, 0.3) is 5.91 Å². The minimum atomic E-state index is -0.502. The van der Waals surface area contributed by atoms with Gasteiger partial charge in [-0.15, -0.1) is 0 Å². The zero-order valence-corrected chi connectivity index (χ0v) is 12.2. The van der Waals surface area contributed by atoms with E-state index in [0.29, 0.717) is 18.8 Å². The summed E-state index contributed by atoms with van der Waals surface area (Å²) in [5, 5.41) is 2.59. The number of nitrogens with zero attached hydrogens (tertiary/aromatic N) is 1. The Morgan fingerprint density at radius 2 is 1.91 bits per heavy atom. The summed E-state index contributed by atoms with van der Waals surface area (Å²) in [4.78, 5) is 25.2. The lowest BCUT2D eigenvalue weighted by Crippen LogP contribution is -2.23. The maximum Gasteiger partial charge on any atom is 0.411 e. The Bertz CT molecular complexity index is 710. The number of methoxy groups -OCH3 is 1. The Morgan fingerprint density at radius 1 is 1.18 bits per heavy atom. The SMILES string of the molecule is COC(=O)Nc1ccc(CN2Cc3ccccc3C2=O)cc1. The molecular formula is C17H16N2O3. The van der Waals surface area contributed by atoms with Crippen LogP contribution in [0.4, 0.5) is 10.5 Å². The molecule has 0 fully saturated rings. The molecule has 0 unspecified atom stereocenters. The van der Waals surface area contributed by atoms with Crippen molar-refractivity contribution in [1.29, 1.82) is 0 Å². The lowest BCUT2D eigenvalue weighted by Gasteiger charge is -2.16. The van der Waals surface area contributed by atoms with Crippen LogP contribution in [-0.2, 0) is 17.8 Å². The van der Waals surface area contributed by atoms with Crippen LogP contribution in [0.1, 0.15) is 21.5 Å². The summed E-state index contributed by atoms with van der Waals surface area (Å²) in [6, 6.07) is 15.0. The van der Waals surface area contributed by atoms with Crippen molar-refractivity contribution in [3.8, 4) is 0 Å². The molecule has 0 saturated carbocycles. The third-order valence-electron chi connectivity index (χ3n) is 3.66. The number of amides is 2. The third-order valence-corrected chi connectivity index (χ3v) is 3.66. The number of nitrogens with one attached hydrogen (secondary N) is 1. The number of rotatable bonds is 3. The first-order valence-electron chi connectivity index (χ1n) is 6.98. The van der Waals surface area contributed by atoms with Crippen LogP contribution in [0.5, 0.6) is 0 Å². The van der Waals surface area contributed by atoms with Crippen molar-refractivity contribution < 1.29 is 14.3 Å². The van der Waals surface area contributed by atoms with Crippen LogP contribution in [0.15, 0.2) is 48.5 Å². The highest BCUT2D eigenvalue weighted by Crippen LogP contribution is 2.24. The van der Waals surface area contributed by atoms with Crippen LogP contribution in [0, 0.1) is 0 Å². The zero-order chi connectivity index (χ0) is 15.5. The topological polar surface area (TPSA) is 58.6 Å². The molecule has 112 valence electrons. The molecule has 0 spiro atoms. The van der Waals surface area contributed by atoms with Gasteiger partial charge in [-0.25, -0.2) is 4.79 Å². The van der Waals surface area contributed by atoms with Gasteiger partial charge in [-0.2, -0.15) is 0 Å². The first kappa shape index (κ1) is 14.1. The Labute approximate surface area is 128 Å². The highest BCUT2D eigenvalue weighted by molar-refractivity contribution is 5.98. The monoisotopic (exact) mass is 296 g/mol. The van der Waals surface area contributed by atoms with Crippen molar-refractivity contribution in [2.75, 3.05) is 12.4 Å². The van der Waals surface area contributed by atoms with Crippen molar-refractivity contribution in [2.24, 2.45) is 0 Å². The Balaban J connectivity index is 1.67.